The number of nitrogens with one attached hydrogen (secondary N) is 1. The van der Waals surface area contributed by atoms with Gasteiger partial charge in [0.25, 0.3) is 0 Å². The highest BCUT2D eigenvalue weighted by Gasteiger charge is 2.35. The Labute approximate surface area is 119 Å². The summed E-state index contributed by atoms with van der Waals surface area (Å²) >= 11 is 0. The molecule has 0 saturated carbocycles. The van der Waals surface area contributed by atoms with Crippen LogP contribution in [0.3, 0.4) is 0 Å². The van der Waals surface area contributed by atoms with E-state index < -0.39 is 0 Å². The second-order valence-electron chi connectivity index (χ2n) is 5.40. The van der Waals surface area contributed by atoms with Crippen molar-refractivity contribution in [1.82, 2.24) is 15.2 Å². The molecule has 1 N–H and O–H groups in total. The fourth-order valence-electron chi connectivity index (χ4n) is 2.41. The fraction of sp³-hybridized carbons (Fsp3) is 0.533. The van der Waals surface area contributed by atoms with Crippen molar-refractivity contribution in [3.63, 3.8) is 0 Å². The summed E-state index contributed by atoms with van der Waals surface area (Å²) in [4.78, 5) is 29.8. The molecule has 1 saturated heterocycles. The Hall–Kier alpha value is -1.91. The van der Waals surface area contributed by atoms with E-state index in [1.54, 1.807) is 11.1 Å². The summed E-state index contributed by atoms with van der Waals surface area (Å²) in [5, 5.41) is 2.90. The van der Waals surface area contributed by atoms with Gasteiger partial charge in [0.05, 0.1) is 5.92 Å². The number of likely N-dealkylation sites (tertiary alicyclic amines) is 1. The van der Waals surface area contributed by atoms with Crippen molar-refractivity contribution in [2.45, 2.75) is 32.7 Å². The summed E-state index contributed by atoms with van der Waals surface area (Å²) in [6.45, 7) is 5.03. The molecule has 2 heterocycles. The molecule has 5 heteroatoms. The quantitative estimate of drug-likeness (QED) is 0.872. The van der Waals surface area contributed by atoms with Crippen LogP contribution in [0.15, 0.2) is 24.4 Å². The molecule has 1 aliphatic rings. The van der Waals surface area contributed by atoms with Gasteiger partial charge in [-0.1, -0.05) is 6.07 Å². The van der Waals surface area contributed by atoms with Gasteiger partial charge in [0, 0.05) is 43.9 Å². The maximum atomic E-state index is 12.0. The third-order valence-electron chi connectivity index (χ3n) is 3.56. The predicted molar refractivity (Wildman–Crippen MR) is 75.9 cm³/mol. The van der Waals surface area contributed by atoms with E-state index in [9.17, 15) is 9.59 Å². The van der Waals surface area contributed by atoms with Crippen molar-refractivity contribution in [2.24, 2.45) is 5.92 Å². The van der Waals surface area contributed by atoms with E-state index in [-0.39, 0.29) is 23.8 Å². The van der Waals surface area contributed by atoms with Gasteiger partial charge in [0.2, 0.25) is 11.8 Å². The molecule has 0 bridgehead atoms. The van der Waals surface area contributed by atoms with Crippen molar-refractivity contribution in [3.8, 4) is 0 Å². The van der Waals surface area contributed by atoms with E-state index >= 15 is 0 Å². The predicted octanol–water partition coefficient (Wildman–Crippen LogP) is 0.997. The molecule has 1 aromatic heterocycles. The summed E-state index contributed by atoms with van der Waals surface area (Å²) in [6, 6.07) is 5.90. The first-order valence-electron chi connectivity index (χ1n) is 7.05. The monoisotopic (exact) mass is 275 g/mol. The molecular formula is C15H21N3O2. The van der Waals surface area contributed by atoms with Crippen LogP contribution in [0.1, 0.15) is 26.0 Å². The molecule has 0 aliphatic carbocycles. The summed E-state index contributed by atoms with van der Waals surface area (Å²) in [6.07, 6.45) is 2.78. The van der Waals surface area contributed by atoms with Gasteiger partial charge in [-0.3, -0.25) is 14.6 Å². The van der Waals surface area contributed by atoms with E-state index in [2.05, 4.69) is 10.3 Å². The standard InChI is InChI=1S/C15H21N3O2/c1-11(2)18-10-12(9-14(18)19)15(20)17-8-6-13-5-3-4-7-16-13/h3-5,7,11-12H,6,8-10H2,1-2H3,(H,17,20)/t12-/m0/s1. The number of hydrogen-bond donors (Lipinski definition) is 1. The van der Waals surface area contributed by atoms with E-state index in [1.165, 1.54) is 0 Å². The lowest BCUT2D eigenvalue weighted by atomic mass is 10.1. The molecular weight excluding hydrogens is 254 g/mol. The zero-order valence-electron chi connectivity index (χ0n) is 12.0. The first kappa shape index (κ1) is 14.5. The van der Waals surface area contributed by atoms with Crippen LogP contribution in [0.2, 0.25) is 0 Å². The number of nitrogens with zero attached hydrogens (tertiary/aromatic N) is 2. The Morgan fingerprint density at radius 3 is 2.90 bits per heavy atom. The normalized spacial score (nSPS) is 18.6. The van der Waals surface area contributed by atoms with E-state index in [1.807, 2.05) is 32.0 Å². The molecule has 0 radical (unpaired) electrons. The van der Waals surface area contributed by atoms with Gasteiger partial charge in [0.1, 0.15) is 0 Å². The zero-order valence-corrected chi connectivity index (χ0v) is 12.0. The van der Waals surface area contributed by atoms with Crippen LogP contribution in [-0.4, -0.2) is 40.8 Å². The van der Waals surface area contributed by atoms with E-state index in [4.69, 9.17) is 0 Å². The average Bonchev–Trinajstić information content (AvgIpc) is 2.82. The van der Waals surface area contributed by atoms with Crippen LogP contribution >= 0.6 is 0 Å². The second kappa shape index (κ2) is 6.50. The van der Waals surface area contributed by atoms with Crippen molar-refractivity contribution < 1.29 is 9.59 Å². The fourth-order valence-corrected chi connectivity index (χ4v) is 2.41. The molecule has 0 aromatic carbocycles. The second-order valence-corrected chi connectivity index (χ2v) is 5.40. The van der Waals surface area contributed by atoms with Gasteiger partial charge < -0.3 is 10.2 Å². The lowest BCUT2D eigenvalue weighted by molar-refractivity contribution is -0.129. The summed E-state index contributed by atoms with van der Waals surface area (Å²) in [5.74, 6) is -0.170. The first-order chi connectivity index (χ1) is 9.58. The highest BCUT2D eigenvalue weighted by Crippen LogP contribution is 2.20. The molecule has 2 rings (SSSR count). The lowest BCUT2D eigenvalue weighted by Crippen LogP contribution is -2.36. The molecule has 5 nitrogen and oxygen atoms in total. The Bertz CT molecular complexity index is 473. The summed E-state index contributed by atoms with van der Waals surface area (Å²) in [7, 11) is 0. The number of amides is 2. The Morgan fingerprint density at radius 2 is 2.30 bits per heavy atom. The van der Waals surface area contributed by atoms with Gasteiger partial charge in [-0.15, -0.1) is 0 Å². The molecule has 1 atom stereocenters. The molecule has 1 aliphatic heterocycles. The maximum absolute atomic E-state index is 12.0. The molecule has 1 fully saturated rings. The SMILES string of the molecule is CC(C)N1C[C@@H](C(=O)NCCc2ccccn2)CC1=O. The highest BCUT2D eigenvalue weighted by atomic mass is 16.2. The van der Waals surface area contributed by atoms with Gasteiger partial charge in [-0.25, -0.2) is 0 Å². The smallest absolute Gasteiger partial charge is 0.225 e. The number of hydrogen-bond acceptors (Lipinski definition) is 3. The van der Waals surface area contributed by atoms with E-state index in [0.29, 0.717) is 25.9 Å². The largest absolute Gasteiger partial charge is 0.355 e. The van der Waals surface area contributed by atoms with Gasteiger partial charge >= 0.3 is 0 Å². The van der Waals surface area contributed by atoms with Crippen molar-refractivity contribution in [1.29, 1.82) is 0 Å². The average molecular weight is 275 g/mol. The Balaban J connectivity index is 1.77. The third-order valence-corrected chi connectivity index (χ3v) is 3.56. The van der Waals surface area contributed by atoms with E-state index in [0.717, 1.165) is 5.69 Å². The lowest BCUT2D eigenvalue weighted by Gasteiger charge is -2.20. The van der Waals surface area contributed by atoms with Crippen LogP contribution in [0.25, 0.3) is 0 Å². The van der Waals surface area contributed by atoms with Crippen molar-refractivity contribution in [2.75, 3.05) is 13.1 Å². The summed E-state index contributed by atoms with van der Waals surface area (Å²) in [5.41, 5.74) is 0.958. The first-order valence-corrected chi connectivity index (χ1v) is 7.05. The van der Waals surface area contributed by atoms with Gasteiger partial charge in [0.15, 0.2) is 0 Å². The highest BCUT2D eigenvalue weighted by molar-refractivity contribution is 5.89. The zero-order chi connectivity index (χ0) is 14.5. The maximum Gasteiger partial charge on any atom is 0.225 e. The molecule has 20 heavy (non-hydrogen) atoms. The summed E-state index contributed by atoms with van der Waals surface area (Å²) < 4.78 is 0. The van der Waals surface area contributed by atoms with Crippen LogP contribution in [0.4, 0.5) is 0 Å². The number of rotatable bonds is 5. The van der Waals surface area contributed by atoms with Crippen LogP contribution < -0.4 is 5.32 Å². The van der Waals surface area contributed by atoms with Crippen molar-refractivity contribution in [3.05, 3.63) is 30.1 Å². The topological polar surface area (TPSA) is 62.3 Å². The third kappa shape index (κ3) is 3.56. The van der Waals surface area contributed by atoms with Gasteiger partial charge in [-0.2, -0.15) is 0 Å². The number of pyridine rings is 1. The molecule has 108 valence electrons. The minimum absolute atomic E-state index is 0.0302. The molecule has 0 spiro atoms. The molecule has 0 unspecified atom stereocenters. The van der Waals surface area contributed by atoms with Gasteiger partial charge in [-0.05, 0) is 26.0 Å². The minimum atomic E-state index is -0.214. The minimum Gasteiger partial charge on any atom is -0.355 e. The van der Waals surface area contributed by atoms with Crippen molar-refractivity contribution >= 4 is 11.8 Å². The number of carbonyl (C=O) groups excluding carboxylic acids is 2. The van der Waals surface area contributed by atoms with Crippen LogP contribution in [0.5, 0.6) is 0 Å². The van der Waals surface area contributed by atoms with Crippen LogP contribution in [-0.2, 0) is 16.0 Å². The van der Waals surface area contributed by atoms with Crippen LogP contribution in [0, 0.1) is 5.92 Å². The Morgan fingerprint density at radius 1 is 1.50 bits per heavy atom. The molecule has 2 amide bonds. The number of aromatic nitrogens is 1. The number of carbonyl (C=O) groups is 2. The molecule has 1 aromatic rings. The Kier molecular flexibility index (Phi) is 4.71.